The van der Waals surface area contributed by atoms with E-state index in [1.165, 1.54) is 0 Å². The maximum atomic E-state index is 14.4. The van der Waals surface area contributed by atoms with Gasteiger partial charge in [-0.25, -0.2) is 4.57 Å². The molecule has 5 nitrogen and oxygen atoms in total. The van der Waals surface area contributed by atoms with E-state index in [1.54, 1.807) is 30.5 Å². The van der Waals surface area contributed by atoms with Gasteiger partial charge in [-0.1, -0.05) is 60.7 Å². The van der Waals surface area contributed by atoms with Gasteiger partial charge in [0.15, 0.2) is 5.78 Å². The van der Waals surface area contributed by atoms with Crippen molar-refractivity contribution in [3.05, 3.63) is 121 Å². The topological polar surface area (TPSA) is 60.5 Å². The zero-order valence-corrected chi connectivity index (χ0v) is 18.0. The van der Waals surface area contributed by atoms with Crippen LogP contribution in [0, 0.1) is 6.92 Å². The van der Waals surface area contributed by atoms with Crippen molar-refractivity contribution in [3.8, 4) is 11.5 Å². The summed E-state index contributed by atoms with van der Waals surface area (Å²) in [6.07, 6.45) is 1.70. The maximum absolute atomic E-state index is 14.4. The maximum Gasteiger partial charge on any atom is 0.457 e. The molecule has 1 aromatic heterocycles. The lowest BCUT2D eigenvalue weighted by Crippen LogP contribution is -2.18. The van der Waals surface area contributed by atoms with Gasteiger partial charge in [0, 0.05) is 23.1 Å². The Morgan fingerprint density at radius 1 is 0.742 bits per heavy atom. The number of anilines is 1. The third-order valence-electron chi connectivity index (χ3n) is 4.60. The van der Waals surface area contributed by atoms with E-state index in [1.807, 2.05) is 85.8 Å². The van der Waals surface area contributed by atoms with Crippen LogP contribution in [0.5, 0.6) is 11.5 Å². The van der Waals surface area contributed by atoms with Gasteiger partial charge in [-0.2, -0.15) is 0 Å². The molecular formula is C25H23N2O3P. The van der Waals surface area contributed by atoms with E-state index in [9.17, 15) is 4.57 Å². The Morgan fingerprint density at radius 3 is 1.74 bits per heavy atom. The number of nitrogens with one attached hydrogen (secondary N) is 1. The molecule has 1 N–H and O–H groups in total. The molecule has 0 bridgehead atoms. The molecule has 1 atom stereocenters. The third-order valence-corrected chi connectivity index (χ3v) is 6.59. The summed E-state index contributed by atoms with van der Waals surface area (Å²) in [5.74, 6) is 0.131. The predicted molar refractivity (Wildman–Crippen MR) is 124 cm³/mol. The zero-order chi connectivity index (χ0) is 21.5. The summed E-state index contributed by atoms with van der Waals surface area (Å²) < 4.78 is 26.5. The van der Waals surface area contributed by atoms with Gasteiger partial charge in [0.05, 0.1) is 0 Å². The highest BCUT2D eigenvalue weighted by Gasteiger charge is 2.41. The molecule has 0 aliphatic carbocycles. The molecular weight excluding hydrogens is 407 g/mol. The minimum absolute atomic E-state index is 0.460. The van der Waals surface area contributed by atoms with Crippen molar-refractivity contribution in [2.75, 3.05) is 5.32 Å². The van der Waals surface area contributed by atoms with Crippen molar-refractivity contribution in [2.24, 2.45) is 0 Å². The van der Waals surface area contributed by atoms with Gasteiger partial charge in [0.1, 0.15) is 11.5 Å². The SMILES string of the molecule is Cc1ccc([C@@H](Nc2ccccc2)P(=O)(Oc2ccccc2)Oc2ccccc2)cn1. The van der Waals surface area contributed by atoms with E-state index in [0.29, 0.717) is 17.1 Å². The lowest BCUT2D eigenvalue weighted by Gasteiger charge is -2.29. The van der Waals surface area contributed by atoms with Crippen LogP contribution in [0.25, 0.3) is 0 Å². The molecule has 4 aromatic rings. The first kappa shape index (κ1) is 20.7. The monoisotopic (exact) mass is 430 g/mol. The Balaban J connectivity index is 1.79. The van der Waals surface area contributed by atoms with Crippen LogP contribution in [0.4, 0.5) is 5.69 Å². The molecule has 0 aliphatic rings. The highest BCUT2D eigenvalue weighted by atomic mass is 31.2. The number of aryl methyl sites for hydroxylation is 1. The van der Waals surface area contributed by atoms with Crippen LogP contribution < -0.4 is 14.4 Å². The Morgan fingerprint density at radius 2 is 1.26 bits per heavy atom. The zero-order valence-electron chi connectivity index (χ0n) is 17.1. The number of benzene rings is 3. The molecule has 31 heavy (non-hydrogen) atoms. The second-order valence-corrected chi connectivity index (χ2v) is 8.96. The molecule has 0 saturated carbocycles. The second kappa shape index (κ2) is 9.50. The fourth-order valence-corrected chi connectivity index (χ4v) is 4.96. The van der Waals surface area contributed by atoms with E-state index in [-0.39, 0.29) is 0 Å². The van der Waals surface area contributed by atoms with E-state index in [4.69, 9.17) is 9.05 Å². The molecule has 0 aliphatic heterocycles. The molecule has 1 heterocycles. The average molecular weight is 430 g/mol. The van der Waals surface area contributed by atoms with E-state index in [2.05, 4.69) is 10.3 Å². The van der Waals surface area contributed by atoms with Gasteiger partial charge in [-0.05, 0) is 49.4 Å². The predicted octanol–water partition coefficient (Wildman–Crippen LogP) is 6.85. The summed E-state index contributed by atoms with van der Waals surface area (Å²) in [4.78, 5) is 4.40. The number of aromatic nitrogens is 1. The highest BCUT2D eigenvalue weighted by molar-refractivity contribution is 7.55. The molecule has 3 aromatic carbocycles. The van der Waals surface area contributed by atoms with Crippen LogP contribution in [0.1, 0.15) is 17.0 Å². The summed E-state index contributed by atoms with van der Waals surface area (Å²) in [6, 6.07) is 31.4. The van der Waals surface area contributed by atoms with Crippen molar-refractivity contribution in [1.29, 1.82) is 0 Å². The van der Waals surface area contributed by atoms with Crippen molar-refractivity contribution in [2.45, 2.75) is 12.7 Å². The number of rotatable bonds is 8. The van der Waals surface area contributed by atoms with Gasteiger partial charge in [0.25, 0.3) is 0 Å². The largest absolute Gasteiger partial charge is 0.457 e. The highest BCUT2D eigenvalue weighted by Crippen LogP contribution is 2.60. The fraction of sp³-hybridized carbons (Fsp3) is 0.0800. The van der Waals surface area contributed by atoms with Crippen LogP contribution in [-0.2, 0) is 4.57 Å². The van der Waals surface area contributed by atoms with Crippen LogP contribution in [-0.4, -0.2) is 4.98 Å². The third kappa shape index (κ3) is 5.33. The first-order valence-electron chi connectivity index (χ1n) is 9.95. The Kier molecular flexibility index (Phi) is 6.34. The molecule has 4 rings (SSSR count). The van der Waals surface area contributed by atoms with Crippen LogP contribution in [0.15, 0.2) is 109 Å². The van der Waals surface area contributed by atoms with Crippen LogP contribution >= 0.6 is 7.60 Å². The molecule has 0 radical (unpaired) electrons. The number of para-hydroxylation sites is 3. The van der Waals surface area contributed by atoms with E-state index < -0.39 is 13.4 Å². The molecule has 156 valence electrons. The van der Waals surface area contributed by atoms with Crippen molar-refractivity contribution in [1.82, 2.24) is 4.98 Å². The molecule has 0 fully saturated rings. The number of nitrogens with zero attached hydrogens (tertiary/aromatic N) is 1. The number of hydrogen-bond acceptors (Lipinski definition) is 5. The molecule has 0 amide bonds. The summed E-state index contributed by atoms with van der Waals surface area (Å²) in [5.41, 5.74) is 2.36. The lowest BCUT2D eigenvalue weighted by atomic mass is 10.2. The first-order valence-corrected chi connectivity index (χ1v) is 11.6. The standard InChI is InChI=1S/C25H23N2O3P/c1-20-17-18-21(19-26-20)25(27-22-11-5-2-6-12-22)31(28,29-23-13-7-3-8-14-23)30-24-15-9-4-10-16-24/h2-19,25,27H,1H3/t25-/m0/s1. The van der Waals surface area contributed by atoms with Crippen LogP contribution in [0.2, 0.25) is 0 Å². The first-order chi connectivity index (χ1) is 15.1. The molecule has 0 saturated heterocycles. The van der Waals surface area contributed by atoms with Crippen LogP contribution in [0.3, 0.4) is 0 Å². The molecule has 6 heteroatoms. The Labute approximate surface area is 182 Å². The van der Waals surface area contributed by atoms with Gasteiger partial charge < -0.3 is 14.4 Å². The number of hydrogen-bond donors (Lipinski definition) is 1. The summed E-state index contributed by atoms with van der Waals surface area (Å²) in [7, 11) is -3.83. The van der Waals surface area contributed by atoms with Crippen molar-refractivity contribution < 1.29 is 13.6 Å². The minimum atomic E-state index is -3.83. The van der Waals surface area contributed by atoms with Gasteiger partial charge >= 0.3 is 7.60 Å². The normalized spacial score (nSPS) is 12.0. The smallest absolute Gasteiger partial charge is 0.414 e. The molecule has 0 spiro atoms. The van der Waals surface area contributed by atoms with Gasteiger partial charge in [-0.3, -0.25) is 4.98 Å². The molecule has 0 unspecified atom stereocenters. The lowest BCUT2D eigenvalue weighted by molar-refractivity contribution is 0.376. The van der Waals surface area contributed by atoms with E-state index >= 15 is 0 Å². The van der Waals surface area contributed by atoms with Crippen molar-refractivity contribution >= 4 is 13.3 Å². The number of pyridine rings is 1. The fourth-order valence-electron chi connectivity index (χ4n) is 3.06. The van der Waals surface area contributed by atoms with E-state index in [0.717, 1.165) is 11.4 Å². The Bertz CT molecular complexity index is 1090. The second-order valence-electron chi connectivity index (χ2n) is 6.99. The Hall–Kier alpha value is -3.56. The quantitative estimate of drug-likeness (QED) is 0.310. The minimum Gasteiger partial charge on any atom is -0.414 e. The average Bonchev–Trinajstić information content (AvgIpc) is 2.80. The van der Waals surface area contributed by atoms with Gasteiger partial charge in [0.2, 0.25) is 0 Å². The summed E-state index contributed by atoms with van der Waals surface area (Å²) >= 11 is 0. The van der Waals surface area contributed by atoms with Gasteiger partial charge in [-0.15, -0.1) is 0 Å². The summed E-state index contributed by atoms with van der Waals surface area (Å²) in [5, 5.41) is 3.34. The summed E-state index contributed by atoms with van der Waals surface area (Å²) in [6.45, 7) is 1.91. The van der Waals surface area contributed by atoms with Crippen molar-refractivity contribution in [3.63, 3.8) is 0 Å².